The number of hydrogen-bond donors (Lipinski definition) is 2. The van der Waals surface area contributed by atoms with Crippen LogP contribution >= 0.6 is 0 Å². The van der Waals surface area contributed by atoms with Crippen molar-refractivity contribution in [2.45, 2.75) is 46.0 Å². The van der Waals surface area contributed by atoms with Crippen molar-refractivity contribution in [1.82, 2.24) is 0 Å². The molecular formula is C11H21NO2. The number of carboxylic acid groups (broad SMARTS) is 1. The Bertz CT molecular complexity index is 217. The lowest BCUT2D eigenvalue weighted by Gasteiger charge is -2.46. The zero-order chi connectivity index (χ0) is 10.8. The quantitative estimate of drug-likeness (QED) is 0.730. The Morgan fingerprint density at radius 2 is 1.86 bits per heavy atom. The number of carboxylic acids is 1. The van der Waals surface area contributed by atoms with Crippen LogP contribution in [0.25, 0.3) is 0 Å². The molecule has 1 aliphatic rings. The number of rotatable bonds is 3. The van der Waals surface area contributed by atoms with Crippen molar-refractivity contribution in [1.29, 1.82) is 0 Å². The van der Waals surface area contributed by atoms with E-state index in [2.05, 4.69) is 0 Å². The molecular weight excluding hydrogens is 178 g/mol. The summed E-state index contributed by atoms with van der Waals surface area (Å²) in [5, 5.41) is 9.23. The Balaban J connectivity index is 2.92. The van der Waals surface area contributed by atoms with E-state index in [-0.39, 0.29) is 5.41 Å². The highest BCUT2D eigenvalue weighted by atomic mass is 16.4. The van der Waals surface area contributed by atoms with Gasteiger partial charge in [-0.25, -0.2) is 0 Å². The first-order valence-electron chi connectivity index (χ1n) is 5.40. The van der Waals surface area contributed by atoms with Crippen molar-refractivity contribution in [2.24, 2.45) is 16.6 Å². The maximum Gasteiger partial charge on any atom is 0.309 e. The van der Waals surface area contributed by atoms with Crippen molar-refractivity contribution in [3.05, 3.63) is 0 Å². The largest absolute Gasteiger partial charge is 0.481 e. The molecule has 0 spiro atoms. The summed E-state index contributed by atoms with van der Waals surface area (Å²) in [4.78, 5) is 11.2. The number of carbonyl (C=O) groups is 1. The molecule has 0 saturated heterocycles. The van der Waals surface area contributed by atoms with E-state index in [1.54, 1.807) is 0 Å². The van der Waals surface area contributed by atoms with Gasteiger partial charge < -0.3 is 10.8 Å². The first-order chi connectivity index (χ1) is 6.46. The van der Waals surface area contributed by atoms with Gasteiger partial charge in [-0.2, -0.15) is 0 Å². The fourth-order valence-electron chi connectivity index (χ4n) is 2.54. The lowest BCUT2D eigenvalue weighted by Crippen LogP contribution is -2.49. The molecule has 1 rings (SSSR count). The Hall–Kier alpha value is -0.570. The predicted molar refractivity (Wildman–Crippen MR) is 56.0 cm³/mol. The molecule has 1 aliphatic carbocycles. The van der Waals surface area contributed by atoms with Gasteiger partial charge in [0.15, 0.2) is 0 Å². The van der Waals surface area contributed by atoms with Gasteiger partial charge in [0.05, 0.1) is 5.41 Å². The Kier molecular flexibility index (Phi) is 3.20. The zero-order valence-corrected chi connectivity index (χ0v) is 9.18. The lowest BCUT2D eigenvalue weighted by molar-refractivity contribution is -0.156. The van der Waals surface area contributed by atoms with Crippen LogP contribution in [-0.4, -0.2) is 17.6 Å². The minimum Gasteiger partial charge on any atom is -0.481 e. The average Bonchev–Trinajstić information content (AvgIpc) is 2.18. The van der Waals surface area contributed by atoms with E-state index in [0.29, 0.717) is 6.54 Å². The van der Waals surface area contributed by atoms with Crippen molar-refractivity contribution >= 4 is 5.97 Å². The highest BCUT2D eigenvalue weighted by Gasteiger charge is 2.49. The number of nitrogens with two attached hydrogens (primary N) is 1. The lowest BCUT2D eigenvalue weighted by atomic mass is 9.58. The van der Waals surface area contributed by atoms with Crippen molar-refractivity contribution in [3.8, 4) is 0 Å². The van der Waals surface area contributed by atoms with E-state index in [1.165, 1.54) is 6.42 Å². The molecule has 14 heavy (non-hydrogen) atoms. The molecule has 0 aromatic heterocycles. The third-order valence-corrected chi connectivity index (χ3v) is 4.06. The standard InChI is InChI=1S/C11H21NO2/c1-10(2,9(13)14)11(8-12)6-4-3-5-7-11/h3-8,12H2,1-2H3,(H,13,14). The zero-order valence-electron chi connectivity index (χ0n) is 9.18. The van der Waals surface area contributed by atoms with Crippen LogP contribution in [0.5, 0.6) is 0 Å². The van der Waals surface area contributed by atoms with Crippen molar-refractivity contribution < 1.29 is 9.90 Å². The van der Waals surface area contributed by atoms with E-state index < -0.39 is 11.4 Å². The second-order valence-electron chi connectivity index (χ2n) is 4.98. The van der Waals surface area contributed by atoms with Crippen LogP contribution in [-0.2, 0) is 4.79 Å². The van der Waals surface area contributed by atoms with Gasteiger partial charge in [-0.15, -0.1) is 0 Å². The first kappa shape index (κ1) is 11.5. The molecule has 3 nitrogen and oxygen atoms in total. The van der Waals surface area contributed by atoms with Crippen LogP contribution < -0.4 is 5.73 Å². The van der Waals surface area contributed by atoms with Crippen molar-refractivity contribution in [3.63, 3.8) is 0 Å². The highest BCUT2D eigenvalue weighted by Crippen LogP contribution is 2.49. The van der Waals surface area contributed by atoms with Crippen LogP contribution in [0.2, 0.25) is 0 Å². The van der Waals surface area contributed by atoms with E-state index in [1.807, 2.05) is 13.8 Å². The minimum atomic E-state index is -0.718. The fraction of sp³-hybridized carbons (Fsp3) is 0.909. The van der Waals surface area contributed by atoms with Crippen LogP contribution in [0, 0.1) is 10.8 Å². The summed E-state index contributed by atoms with van der Waals surface area (Å²) in [6, 6.07) is 0. The molecule has 0 radical (unpaired) electrons. The van der Waals surface area contributed by atoms with E-state index in [4.69, 9.17) is 5.73 Å². The molecule has 0 aromatic carbocycles. The van der Waals surface area contributed by atoms with E-state index in [0.717, 1.165) is 25.7 Å². The smallest absolute Gasteiger partial charge is 0.309 e. The predicted octanol–water partition coefficient (Wildman–Crippen LogP) is 2.01. The Morgan fingerprint density at radius 1 is 1.36 bits per heavy atom. The molecule has 3 heteroatoms. The number of hydrogen-bond acceptors (Lipinski definition) is 2. The normalized spacial score (nSPS) is 21.9. The second kappa shape index (κ2) is 3.89. The van der Waals surface area contributed by atoms with Crippen LogP contribution in [0.1, 0.15) is 46.0 Å². The molecule has 0 bridgehead atoms. The van der Waals surface area contributed by atoms with Crippen LogP contribution in [0.15, 0.2) is 0 Å². The average molecular weight is 199 g/mol. The van der Waals surface area contributed by atoms with Gasteiger partial charge in [-0.05, 0) is 38.6 Å². The minimum absolute atomic E-state index is 0.183. The molecule has 1 saturated carbocycles. The Morgan fingerprint density at radius 3 is 2.21 bits per heavy atom. The van der Waals surface area contributed by atoms with Gasteiger partial charge in [-0.3, -0.25) is 4.79 Å². The number of aliphatic carboxylic acids is 1. The maximum absolute atomic E-state index is 11.2. The van der Waals surface area contributed by atoms with Crippen LogP contribution in [0.4, 0.5) is 0 Å². The Labute approximate surface area is 85.7 Å². The van der Waals surface area contributed by atoms with Crippen LogP contribution in [0.3, 0.4) is 0 Å². The summed E-state index contributed by atoms with van der Waals surface area (Å²) in [6.07, 6.45) is 5.38. The molecule has 3 N–H and O–H groups in total. The maximum atomic E-state index is 11.2. The van der Waals surface area contributed by atoms with E-state index in [9.17, 15) is 9.90 Å². The first-order valence-corrected chi connectivity index (χ1v) is 5.40. The molecule has 0 aromatic rings. The summed E-state index contributed by atoms with van der Waals surface area (Å²) in [5.41, 5.74) is 4.92. The topological polar surface area (TPSA) is 63.3 Å². The third-order valence-electron chi connectivity index (χ3n) is 4.06. The summed E-state index contributed by atoms with van der Waals surface area (Å²) in [5.74, 6) is -0.718. The van der Waals surface area contributed by atoms with E-state index >= 15 is 0 Å². The molecule has 0 aliphatic heterocycles. The highest BCUT2D eigenvalue weighted by molar-refractivity contribution is 5.74. The van der Waals surface area contributed by atoms with Gasteiger partial charge in [-0.1, -0.05) is 19.3 Å². The molecule has 0 heterocycles. The second-order valence-corrected chi connectivity index (χ2v) is 4.98. The fourth-order valence-corrected chi connectivity index (χ4v) is 2.54. The molecule has 0 amide bonds. The van der Waals surface area contributed by atoms with Gasteiger partial charge >= 0.3 is 5.97 Å². The molecule has 1 fully saturated rings. The van der Waals surface area contributed by atoms with Gasteiger partial charge in [0.1, 0.15) is 0 Å². The van der Waals surface area contributed by atoms with Gasteiger partial charge in [0.25, 0.3) is 0 Å². The van der Waals surface area contributed by atoms with Crippen molar-refractivity contribution in [2.75, 3.05) is 6.54 Å². The summed E-state index contributed by atoms with van der Waals surface area (Å²) >= 11 is 0. The van der Waals surface area contributed by atoms with Gasteiger partial charge in [0, 0.05) is 0 Å². The van der Waals surface area contributed by atoms with Gasteiger partial charge in [0.2, 0.25) is 0 Å². The monoisotopic (exact) mass is 199 g/mol. The third kappa shape index (κ3) is 1.65. The SMILES string of the molecule is CC(C)(C(=O)O)C1(CN)CCCCC1. The molecule has 0 atom stereocenters. The molecule has 82 valence electrons. The summed E-state index contributed by atoms with van der Waals surface area (Å²) in [6.45, 7) is 4.12. The molecule has 0 unspecified atom stereocenters. The summed E-state index contributed by atoms with van der Waals surface area (Å²) < 4.78 is 0. The summed E-state index contributed by atoms with van der Waals surface area (Å²) in [7, 11) is 0.